The van der Waals surface area contributed by atoms with Crippen molar-refractivity contribution in [3.05, 3.63) is 0 Å². The van der Waals surface area contributed by atoms with Crippen LogP contribution in [0.1, 0.15) is 52.4 Å². The Balaban J connectivity index is 2.63. The van der Waals surface area contributed by atoms with Crippen LogP contribution in [0.25, 0.3) is 0 Å². The van der Waals surface area contributed by atoms with Crippen molar-refractivity contribution in [1.29, 1.82) is 0 Å². The van der Waals surface area contributed by atoms with Gasteiger partial charge in [-0.05, 0) is 25.8 Å². The minimum absolute atomic E-state index is 0.306. The van der Waals surface area contributed by atoms with Crippen molar-refractivity contribution in [2.24, 2.45) is 11.7 Å². The molecule has 1 aliphatic carbocycles. The molecule has 2 nitrogen and oxygen atoms in total. The summed E-state index contributed by atoms with van der Waals surface area (Å²) in [6.07, 6.45) is 8.12. The predicted molar refractivity (Wildman–Crippen MR) is 67.0 cm³/mol. The van der Waals surface area contributed by atoms with Gasteiger partial charge in [0.2, 0.25) is 0 Å². The van der Waals surface area contributed by atoms with Crippen molar-refractivity contribution in [2.75, 3.05) is 20.1 Å². The smallest absolute Gasteiger partial charge is 0.0328 e. The maximum absolute atomic E-state index is 6.04. The standard InChI is InChI=1S/C13H28N2/c1-12(2)10-15(3)13(11-14)8-6-4-5-7-9-13/h12H,4-11,14H2,1-3H3. The molecule has 15 heavy (non-hydrogen) atoms. The summed E-state index contributed by atoms with van der Waals surface area (Å²) in [6.45, 7) is 6.59. The fourth-order valence-corrected chi connectivity index (χ4v) is 2.87. The Labute approximate surface area is 95.2 Å². The zero-order chi connectivity index (χ0) is 11.3. The van der Waals surface area contributed by atoms with Crippen LogP contribution in [0, 0.1) is 5.92 Å². The number of nitrogens with zero attached hydrogens (tertiary/aromatic N) is 1. The molecule has 0 aromatic carbocycles. The lowest BCUT2D eigenvalue weighted by Gasteiger charge is -2.41. The Morgan fingerprint density at radius 3 is 2.07 bits per heavy atom. The third kappa shape index (κ3) is 3.46. The molecule has 0 amide bonds. The van der Waals surface area contributed by atoms with Crippen LogP contribution in [-0.4, -0.2) is 30.6 Å². The summed E-state index contributed by atoms with van der Waals surface area (Å²) >= 11 is 0. The van der Waals surface area contributed by atoms with E-state index in [0.717, 1.165) is 12.5 Å². The average molecular weight is 212 g/mol. The largest absolute Gasteiger partial charge is 0.329 e. The van der Waals surface area contributed by atoms with Gasteiger partial charge in [0, 0.05) is 18.6 Å². The average Bonchev–Trinajstić information content (AvgIpc) is 2.42. The van der Waals surface area contributed by atoms with Crippen LogP contribution < -0.4 is 5.73 Å². The minimum atomic E-state index is 0.306. The van der Waals surface area contributed by atoms with Gasteiger partial charge in [0.15, 0.2) is 0 Å². The first-order valence-electron chi connectivity index (χ1n) is 6.52. The van der Waals surface area contributed by atoms with E-state index >= 15 is 0 Å². The highest BCUT2D eigenvalue weighted by Crippen LogP contribution is 2.31. The molecule has 0 spiro atoms. The molecular formula is C13H28N2. The van der Waals surface area contributed by atoms with Gasteiger partial charge in [-0.3, -0.25) is 4.90 Å². The van der Waals surface area contributed by atoms with Crippen molar-refractivity contribution in [3.8, 4) is 0 Å². The lowest BCUT2D eigenvalue weighted by atomic mass is 9.88. The van der Waals surface area contributed by atoms with Gasteiger partial charge in [-0.1, -0.05) is 39.5 Å². The second-order valence-corrected chi connectivity index (χ2v) is 5.62. The molecule has 90 valence electrons. The van der Waals surface area contributed by atoms with Crippen LogP contribution in [-0.2, 0) is 0 Å². The highest BCUT2D eigenvalue weighted by molar-refractivity contribution is 4.91. The van der Waals surface area contributed by atoms with E-state index in [1.54, 1.807) is 0 Å². The molecular weight excluding hydrogens is 184 g/mol. The van der Waals surface area contributed by atoms with E-state index in [9.17, 15) is 0 Å². The van der Waals surface area contributed by atoms with E-state index in [-0.39, 0.29) is 0 Å². The van der Waals surface area contributed by atoms with Crippen molar-refractivity contribution >= 4 is 0 Å². The maximum atomic E-state index is 6.04. The van der Waals surface area contributed by atoms with Crippen LogP contribution in [0.2, 0.25) is 0 Å². The summed E-state index contributed by atoms with van der Waals surface area (Å²) in [4.78, 5) is 2.53. The molecule has 0 aromatic rings. The zero-order valence-corrected chi connectivity index (χ0v) is 10.8. The molecule has 0 aromatic heterocycles. The third-order valence-electron chi connectivity index (χ3n) is 3.86. The van der Waals surface area contributed by atoms with E-state index in [1.165, 1.54) is 45.1 Å². The summed E-state index contributed by atoms with van der Waals surface area (Å²) in [6, 6.07) is 0. The van der Waals surface area contributed by atoms with Gasteiger partial charge in [0.25, 0.3) is 0 Å². The van der Waals surface area contributed by atoms with Crippen molar-refractivity contribution in [1.82, 2.24) is 4.90 Å². The molecule has 1 aliphatic rings. The molecule has 0 aliphatic heterocycles. The van der Waals surface area contributed by atoms with Gasteiger partial charge >= 0.3 is 0 Å². The normalized spacial score (nSPS) is 22.0. The second kappa shape index (κ2) is 5.86. The number of hydrogen-bond acceptors (Lipinski definition) is 2. The molecule has 1 rings (SSSR count). The van der Waals surface area contributed by atoms with E-state index < -0.39 is 0 Å². The second-order valence-electron chi connectivity index (χ2n) is 5.62. The molecule has 0 unspecified atom stereocenters. The highest BCUT2D eigenvalue weighted by atomic mass is 15.2. The monoisotopic (exact) mass is 212 g/mol. The molecule has 0 atom stereocenters. The number of likely N-dealkylation sites (N-methyl/N-ethyl adjacent to an activating group) is 1. The number of hydrogen-bond donors (Lipinski definition) is 1. The van der Waals surface area contributed by atoms with E-state index in [4.69, 9.17) is 5.73 Å². The molecule has 1 saturated carbocycles. The lowest BCUT2D eigenvalue weighted by Crippen LogP contribution is -2.52. The van der Waals surface area contributed by atoms with Crippen LogP contribution in [0.3, 0.4) is 0 Å². The molecule has 0 bridgehead atoms. The molecule has 0 heterocycles. The van der Waals surface area contributed by atoms with Gasteiger partial charge in [-0.15, -0.1) is 0 Å². The Kier molecular flexibility index (Phi) is 5.07. The molecule has 1 fully saturated rings. The molecule has 2 N–H and O–H groups in total. The zero-order valence-electron chi connectivity index (χ0n) is 10.8. The summed E-state index contributed by atoms with van der Waals surface area (Å²) < 4.78 is 0. The third-order valence-corrected chi connectivity index (χ3v) is 3.86. The van der Waals surface area contributed by atoms with Crippen LogP contribution in [0.15, 0.2) is 0 Å². The SMILES string of the molecule is CC(C)CN(C)C1(CN)CCCCCC1. The van der Waals surface area contributed by atoms with Crippen molar-refractivity contribution in [2.45, 2.75) is 57.9 Å². The molecule has 0 radical (unpaired) electrons. The Morgan fingerprint density at radius 1 is 1.13 bits per heavy atom. The lowest BCUT2D eigenvalue weighted by molar-refractivity contribution is 0.0945. The van der Waals surface area contributed by atoms with Gasteiger partial charge in [0.05, 0.1) is 0 Å². The summed E-state index contributed by atoms with van der Waals surface area (Å²) in [5, 5.41) is 0. The Morgan fingerprint density at radius 2 is 1.67 bits per heavy atom. The topological polar surface area (TPSA) is 29.3 Å². The highest BCUT2D eigenvalue weighted by Gasteiger charge is 2.33. The van der Waals surface area contributed by atoms with E-state index in [0.29, 0.717) is 5.54 Å². The van der Waals surface area contributed by atoms with Crippen LogP contribution in [0.4, 0.5) is 0 Å². The first-order valence-corrected chi connectivity index (χ1v) is 6.52. The number of nitrogens with two attached hydrogens (primary N) is 1. The van der Waals surface area contributed by atoms with Crippen LogP contribution in [0.5, 0.6) is 0 Å². The summed E-state index contributed by atoms with van der Waals surface area (Å²) in [7, 11) is 2.26. The maximum Gasteiger partial charge on any atom is 0.0328 e. The van der Waals surface area contributed by atoms with Gasteiger partial charge in [-0.2, -0.15) is 0 Å². The Hall–Kier alpha value is -0.0800. The van der Waals surface area contributed by atoms with Gasteiger partial charge in [-0.25, -0.2) is 0 Å². The van der Waals surface area contributed by atoms with Crippen molar-refractivity contribution in [3.63, 3.8) is 0 Å². The van der Waals surface area contributed by atoms with E-state index in [2.05, 4.69) is 25.8 Å². The number of rotatable bonds is 4. The molecule has 0 saturated heterocycles. The Bertz CT molecular complexity index is 169. The minimum Gasteiger partial charge on any atom is -0.329 e. The van der Waals surface area contributed by atoms with Crippen molar-refractivity contribution < 1.29 is 0 Å². The fourth-order valence-electron chi connectivity index (χ4n) is 2.87. The first-order chi connectivity index (χ1) is 7.10. The quantitative estimate of drug-likeness (QED) is 0.726. The predicted octanol–water partition coefficient (Wildman–Crippen LogP) is 2.63. The van der Waals surface area contributed by atoms with Crippen LogP contribution >= 0.6 is 0 Å². The summed E-state index contributed by atoms with van der Waals surface area (Å²) in [5.41, 5.74) is 6.35. The van der Waals surface area contributed by atoms with E-state index in [1.807, 2.05) is 0 Å². The first kappa shape index (κ1) is 13.0. The van der Waals surface area contributed by atoms with Gasteiger partial charge < -0.3 is 5.73 Å². The summed E-state index contributed by atoms with van der Waals surface area (Å²) in [5.74, 6) is 0.738. The fraction of sp³-hybridized carbons (Fsp3) is 1.00. The van der Waals surface area contributed by atoms with Gasteiger partial charge in [0.1, 0.15) is 0 Å². The molecule has 2 heteroatoms.